The lowest BCUT2D eigenvalue weighted by molar-refractivity contribution is 0.132. The molecule has 1 aliphatic heterocycles. The molecule has 1 aromatic carbocycles. The Morgan fingerprint density at radius 3 is 2.50 bits per heavy atom. The number of likely N-dealkylation sites (tertiary alicyclic amines) is 1. The zero-order valence-corrected chi connectivity index (χ0v) is 19.0. The number of nitrogens with one attached hydrogen (secondary N) is 1. The minimum atomic E-state index is 0.171. The molecule has 0 saturated carbocycles. The third kappa shape index (κ3) is 5.45. The van der Waals surface area contributed by atoms with Gasteiger partial charge in [-0.05, 0) is 49.1 Å². The van der Waals surface area contributed by atoms with Crippen LogP contribution in [0.5, 0.6) is 0 Å². The Balaban J connectivity index is 2.01. The lowest BCUT2D eigenvalue weighted by Crippen LogP contribution is -2.47. The van der Waals surface area contributed by atoms with E-state index in [0.29, 0.717) is 12.1 Å². The minimum absolute atomic E-state index is 0.171. The van der Waals surface area contributed by atoms with Gasteiger partial charge < -0.3 is 11.1 Å². The molecular formula is C24H37N3S. The molecule has 0 aromatic heterocycles. The molecule has 1 aliphatic rings. The van der Waals surface area contributed by atoms with Crippen molar-refractivity contribution in [2.75, 3.05) is 12.8 Å². The molecule has 3 nitrogen and oxygen atoms in total. The molecule has 0 radical (unpaired) electrons. The predicted octanol–water partition coefficient (Wildman–Crippen LogP) is 5.37. The Bertz CT molecular complexity index is 708. The van der Waals surface area contributed by atoms with Gasteiger partial charge in [-0.15, -0.1) is 18.3 Å². The SMILES string of the molecule is C=CC(N1CCCC1C(=C)NCc1ccc(/C(SC)=C(\C)N)cc1)C(C)(C)C. The number of benzene rings is 1. The van der Waals surface area contributed by atoms with Gasteiger partial charge in [-0.1, -0.05) is 57.7 Å². The molecule has 0 aliphatic carbocycles. The highest BCUT2D eigenvalue weighted by Gasteiger charge is 2.36. The van der Waals surface area contributed by atoms with E-state index in [-0.39, 0.29) is 5.41 Å². The van der Waals surface area contributed by atoms with E-state index in [1.165, 1.54) is 17.5 Å². The molecule has 4 heteroatoms. The van der Waals surface area contributed by atoms with E-state index < -0.39 is 0 Å². The van der Waals surface area contributed by atoms with Crippen LogP contribution in [0.4, 0.5) is 0 Å². The van der Waals surface area contributed by atoms with Crippen molar-refractivity contribution in [2.24, 2.45) is 11.1 Å². The topological polar surface area (TPSA) is 41.3 Å². The molecule has 1 aromatic rings. The van der Waals surface area contributed by atoms with Crippen molar-refractivity contribution in [2.45, 2.75) is 59.2 Å². The van der Waals surface area contributed by atoms with E-state index in [1.807, 2.05) is 6.92 Å². The fourth-order valence-electron chi connectivity index (χ4n) is 4.10. The summed E-state index contributed by atoms with van der Waals surface area (Å²) in [6.45, 7) is 19.2. The fraction of sp³-hybridized carbons (Fsp3) is 0.500. The van der Waals surface area contributed by atoms with E-state index in [1.54, 1.807) is 11.8 Å². The van der Waals surface area contributed by atoms with Crippen molar-refractivity contribution in [3.63, 3.8) is 0 Å². The molecule has 1 heterocycles. The first-order chi connectivity index (χ1) is 13.2. The van der Waals surface area contributed by atoms with Gasteiger partial charge in [-0.2, -0.15) is 0 Å². The third-order valence-corrected chi connectivity index (χ3v) is 6.43. The summed E-state index contributed by atoms with van der Waals surface area (Å²) in [6, 6.07) is 9.36. The number of thioether (sulfide) groups is 1. The zero-order valence-electron chi connectivity index (χ0n) is 18.2. The molecule has 154 valence electrons. The van der Waals surface area contributed by atoms with Crippen molar-refractivity contribution in [1.82, 2.24) is 10.2 Å². The maximum Gasteiger partial charge on any atom is 0.0495 e. The van der Waals surface area contributed by atoms with Gasteiger partial charge in [0.1, 0.15) is 0 Å². The van der Waals surface area contributed by atoms with Gasteiger partial charge in [-0.3, -0.25) is 4.90 Å². The lowest BCUT2D eigenvalue weighted by atomic mass is 9.85. The van der Waals surface area contributed by atoms with Crippen LogP contribution in [0, 0.1) is 5.41 Å². The van der Waals surface area contributed by atoms with E-state index in [0.717, 1.165) is 35.8 Å². The molecule has 2 rings (SSSR count). The molecule has 0 amide bonds. The Hall–Kier alpha value is -1.65. The van der Waals surface area contributed by atoms with Gasteiger partial charge in [-0.25, -0.2) is 0 Å². The maximum absolute atomic E-state index is 5.99. The second-order valence-electron chi connectivity index (χ2n) is 8.73. The second kappa shape index (κ2) is 9.71. The first kappa shape index (κ1) is 22.6. The van der Waals surface area contributed by atoms with Crippen LogP contribution < -0.4 is 11.1 Å². The Kier molecular flexibility index (Phi) is 7.85. The zero-order chi connectivity index (χ0) is 20.9. The van der Waals surface area contributed by atoms with Crippen LogP contribution in [0.1, 0.15) is 51.7 Å². The first-order valence-electron chi connectivity index (χ1n) is 10.1. The summed E-state index contributed by atoms with van der Waals surface area (Å²) in [4.78, 5) is 3.70. The third-order valence-electron chi connectivity index (χ3n) is 5.46. The average Bonchev–Trinajstić information content (AvgIpc) is 3.09. The Labute approximate surface area is 176 Å². The Morgan fingerprint density at radius 1 is 1.36 bits per heavy atom. The van der Waals surface area contributed by atoms with Crippen LogP contribution in [0.15, 0.2) is 54.9 Å². The molecular weight excluding hydrogens is 362 g/mol. The van der Waals surface area contributed by atoms with Crippen molar-refractivity contribution < 1.29 is 0 Å². The molecule has 0 spiro atoms. The van der Waals surface area contributed by atoms with E-state index in [4.69, 9.17) is 5.73 Å². The van der Waals surface area contributed by atoms with Crippen molar-refractivity contribution in [1.29, 1.82) is 0 Å². The number of nitrogens with zero attached hydrogens (tertiary/aromatic N) is 1. The summed E-state index contributed by atoms with van der Waals surface area (Å²) >= 11 is 1.69. The van der Waals surface area contributed by atoms with Crippen LogP contribution in [0.2, 0.25) is 0 Å². The summed E-state index contributed by atoms with van der Waals surface area (Å²) in [5.41, 5.74) is 10.6. The highest BCUT2D eigenvalue weighted by Crippen LogP contribution is 2.33. The standard InChI is InChI=1S/C24H37N3S/c1-8-22(24(4,5)6)27-15-9-10-21(27)18(3)26-16-19-11-13-20(14-12-19)23(28-7)17(2)25/h8,11-14,21-22,26H,1,3,9-10,15-16,25H2,2,4-7H3/b23-17-. The normalized spacial score (nSPS) is 19.8. The van der Waals surface area contributed by atoms with Crippen LogP contribution in [0.25, 0.3) is 4.91 Å². The Morgan fingerprint density at radius 2 is 2.00 bits per heavy atom. The molecule has 1 fully saturated rings. The number of hydrogen-bond acceptors (Lipinski definition) is 4. The quantitative estimate of drug-likeness (QED) is 0.577. The van der Waals surface area contributed by atoms with Crippen molar-refractivity contribution >= 4 is 16.7 Å². The monoisotopic (exact) mass is 399 g/mol. The molecule has 3 N–H and O–H groups in total. The summed E-state index contributed by atoms with van der Waals surface area (Å²) in [7, 11) is 0. The van der Waals surface area contributed by atoms with Crippen LogP contribution in [-0.4, -0.2) is 29.8 Å². The number of nitrogens with two attached hydrogens (primary N) is 1. The van der Waals surface area contributed by atoms with E-state index in [2.05, 4.69) is 80.7 Å². The second-order valence-corrected chi connectivity index (χ2v) is 9.55. The fourth-order valence-corrected chi connectivity index (χ4v) is 4.79. The largest absolute Gasteiger partial charge is 0.401 e. The predicted molar refractivity (Wildman–Crippen MR) is 126 cm³/mol. The minimum Gasteiger partial charge on any atom is -0.401 e. The summed E-state index contributed by atoms with van der Waals surface area (Å²) in [5.74, 6) is 0. The van der Waals surface area contributed by atoms with Crippen LogP contribution in [0.3, 0.4) is 0 Å². The smallest absolute Gasteiger partial charge is 0.0495 e. The number of allylic oxidation sites excluding steroid dienone is 1. The molecule has 1 saturated heterocycles. The summed E-state index contributed by atoms with van der Waals surface area (Å²) in [5, 5.41) is 3.57. The summed E-state index contributed by atoms with van der Waals surface area (Å²) < 4.78 is 0. The van der Waals surface area contributed by atoms with E-state index in [9.17, 15) is 0 Å². The highest BCUT2D eigenvalue weighted by molar-refractivity contribution is 8.07. The first-order valence-corrected chi connectivity index (χ1v) is 11.3. The maximum atomic E-state index is 5.99. The van der Waals surface area contributed by atoms with Gasteiger partial charge in [0.15, 0.2) is 0 Å². The van der Waals surface area contributed by atoms with Crippen molar-refractivity contribution in [3.05, 3.63) is 66.0 Å². The van der Waals surface area contributed by atoms with Gasteiger partial charge in [0.2, 0.25) is 0 Å². The average molecular weight is 400 g/mol. The van der Waals surface area contributed by atoms with Crippen LogP contribution in [-0.2, 0) is 6.54 Å². The van der Waals surface area contributed by atoms with Crippen molar-refractivity contribution in [3.8, 4) is 0 Å². The lowest BCUT2D eigenvalue weighted by Gasteiger charge is -2.40. The molecule has 0 bridgehead atoms. The van der Waals surface area contributed by atoms with E-state index >= 15 is 0 Å². The molecule has 28 heavy (non-hydrogen) atoms. The number of rotatable bonds is 8. The van der Waals surface area contributed by atoms with Gasteiger partial charge >= 0.3 is 0 Å². The summed E-state index contributed by atoms with van der Waals surface area (Å²) in [6.07, 6.45) is 6.53. The van der Waals surface area contributed by atoms with Crippen LogP contribution >= 0.6 is 11.8 Å². The van der Waals surface area contributed by atoms with Gasteiger partial charge in [0.05, 0.1) is 0 Å². The molecule has 2 atom stereocenters. The van der Waals surface area contributed by atoms with Gasteiger partial charge in [0.25, 0.3) is 0 Å². The highest BCUT2D eigenvalue weighted by atomic mass is 32.2. The van der Waals surface area contributed by atoms with Gasteiger partial charge in [0, 0.05) is 34.9 Å². The molecule has 2 unspecified atom stereocenters. The number of hydrogen-bond donors (Lipinski definition) is 2.